The van der Waals surface area contributed by atoms with Crippen molar-refractivity contribution in [2.24, 2.45) is 5.73 Å². The van der Waals surface area contributed by atoms with Gasteiger partial charge in [0.15, 0.2) is 0 Å². The van der Waals surface area contributed by atoms with E-state index in [1.165, 1.54) is 5.56 Å². The second-order valence-electron chi connectivity index (χ2n) is 4.34. The van der Waals surface area contributed by atoms with E-state index in [1.54, 1.807) is 0 Å². The fourth-order valence-electron chi connectivity index (χ4n) is 1.69. The average Bonchev–Trinajstić information content (AvgIpc) is 2.33. The highest BCUT2D eigenvalue weighted by atomic mass is 79.9. The number of rotatable bonds is 3. The van der Waals surface area contributed by atoms with E-state index in [0.717, 1.165) is 27.2 Å². The molecule has 0 saturated carbocycles. The molecule has 2 aromatic rings. The van der Waals surface area contributed by atoms with Gasteiger partial charge in [-0.1, -0.05) is 34.2 Å². The molecule has 1 aromatic carbocycles. The van der Waals surface area contributed by atoms with Crippen molar-refractivity contribution in [1.82, 2.24) is 4.98 Å². The molecular weight excluding hydrogens is 322 g/mol. The number of aromatic nitrogens is 1. The Kier molecular flexibility index (Phi) is 4.17. The van der Waals surface area contributed by atoms with Crippen molar-refractivity contribution in [3.63, 3.8) is 0 Å². The lowest BCUT2D eigenvalue weighted by Crippen LogP contribution is -2.10. The summed E-state index contributed by atoms with van der Waals surface area (Å²) in [5.74, 6) is 0.735. The van der Waals surface area contributed by atoms with Crippen LogP contribution in [0.25, 0.3) is 0 Å². The molecule has 1 aromatic heterocycles. The van der Waals surface area contributed by atoms with E-state index in [9.17, 15) is 0 Å². The monoisotopic (exact) mass is 335 g/mol. The molecule has 5 heteroatoms. The van der Waals surface area contributed by atoms with Crippen molar-refractivity contribution < 1.29 is 0 Å². The fourth-order valence-corrected chi connectivity index (χ4v) is 2.19. The Morgan fingerprint density at radius 3 is 2.63 bits per heavy atom. The molecule has 0 saturated heterocycles. The summed E-state index contributed by atoms with van der Waals surface area (Å²) < 4.78 is 1.06. The number of benzene rings is 1. The first-order valence-electron chi connectivity index (χ1n) is 5.77. The molecule has 0 atom stereocenters. The molecule has 0 aliphatic rings. The smallest absolute Gasteiger partial charge is 0.131 e. The van der Waals surface area contributed by atoms with E-state index in [2.05, 4.69) is 26.2 Å². The third-order valence-electron chi connectivity index (χ3n) is 2.68. The Morgan fingerprint density at radius 1 is 1.26 bits per heavy atom. The van der Waals surface area contributed by atoms with E-state index in [-0.39, 0.29) is 0 Å². The number of nitrogens with one attached hydrogen (secondary N) is 1. The van der Waals surface area contributed by atoms with Gasteiger partial charge in [-0.05, 0) is 43.7 Å². The van der Waals surface area contributed by atoms with Gasteiger partial charge >= 0.3 is 0 Å². The number of nitrogens with zero attached hydrogens (tertiary/aromatic N) is 1. The summed E-state index contributed by atoms with van der Waals surface area (Å²) >= 11 is 8.51. The van der Waals surface area contributed by atoms with Gasteiger partial charge in [0.25, 0.3) is 0 Å². The zero-order valence-corrected chi connectivity index (χ0v) is 13.1. The molecule has 3 nitrogen and oxygen atoms in total. The van der Waals surface area contributed by atoms with Crippen LogP contribution in [0.15, 0.2) is 34.8 Å². The zero-order valence-electron chi connectivity index (χ0n) is 10.7. The molecule has 0 amide bonds. The van der Waals surface area contributed by atoms with E-state index in [1.807, 2.05) is 44.2 Å². The van der Waals surface area contributed by atoms with E-state index >= 15 is 0 Å². The fraction of sp³-hybridized carbons (Fsp3) is 0.143. The number of pyridine rings is 1. The van der Waals surface area contributed by atoms with Gasteiger partial charge in [-0.25, -0.2) is 4.98 Å². The van der Waals surface area contributed by atoms with Crippen molar-refractivity contribution in [2.45, 2.75) is 13.8 Å². The van der Waals surface area contributed by atoms with Crippen LogP contribution in [0, 0.1) is 13.8 Å². The SMILES string of the molecule is Cc1cc(C(N)=S)cc(Nc2ccc(C)c(Br)c2)n1. The third kappa shape index (κ3) is 3.52. The van der Waals surface area contributed by atoms with Crippen molar-refractivity contribution in [1.29, 1.82) is 0 Å². The highest BCUT2D eigenvalue weighted by Gasteiger charge is 2.04. The Bertz CT molecular complexity index is 641. The predicted molar refractivity (Wildman–Crippen MR) is 87.0 cm³/mol. The van der Waals surface area contributed by atoms with E-state index in [4.69, 9.17) is 18.0 Å². The van der Waals surface area contributed by atoms with Crippen molar-refractivity contribution in [3.8, 4) is 0 Å². The van der Waals surface area contributed by atoms with Crippen LogP contribution in [0.4, 0.5) is 11.5 Å². The van der Waals surface area contributed by atoms with Crippen molar-refractivity contribution in [3.05, 3.63) is 51.6 Å². The summed E-state index contributed by atoms with van der Waals surface area (Å²) in [4.78, 5) is 4.80. The molecule has 0 fully saturated rings. The van der Waals surface area contributed by atoms with Gasteiger partial charge in [0.1, 0.15) is 10.8 Å². The standard InChI is InChI=1S/C14H14BrN3S/c1-8-3-4-11(7-12(8)15)18-13-6-10(14(16)19)5-9(2)17-13/h3-7H,1-2H3,(H2,16,19)(H,17,18). The number of hydrogen-bond donors (Lipinski definition) is 2. The summed E-state index contributed by atoms with van der Waals surface area (Å²) in [6, 6.07) is 9.78. The van der Waals surface area contributed by atoms with Crippen LogP contribution in [0.2, 0.25) is 0 Å². The first-order chi connectivity index (χ1) is 8.95. The maximum Gasteiger partial charge on any atom is 0.131 e. The van der Waals surface area contributed by atoms with Gasteiger partial charge in [0.2, 0.25) is 0 Å². The molecule has 0 aliphatic carbocycles. The summed E-state index contributed by atoms with van der Waals surface area (Å²) in [6.07, 6.45) is 0. The molecule has 19 heavy (non-hydrogen) atoms. The van der Waals surface area contributed by atoms with E-state index in [0.29, 0.717) is 4.99 Å². The second kappa shape index (κ2) is 5.67. The van der Waals surface area contributed by atoms with Crippen LogP contribution < -0.4 is 11.1 Å². The van der Waals surface area contributed by atoms with Crippen molar-refractivity contribution >= 4 is 44.6 Å². The topological polar surface area (TPSA) is 50.9 Å². The molecular formula is C14H14BrN3S. The minimum atomic E-state index is 0.374. The van der Waals surface area contributed by atoms with Crippen LogP contribution in [-0.2, 0) is 0 Å². The van der Waals surface area contributed by atoms with E-state index < -0.39 is 0 Å². The maximum atomic E-state index is 5.66. The molecule has 0 radical (unpaired) electrons. The van der Waals surface area contributed by atoms with Gasteiger partial charge in [0, 0.05) is 21.4 Å². The molecule has 0 unspecified atom stereocenters. The predicted octanol–water partition coefficient (Wildman–Crippen LogP) is 3.84. The lowest BCUT2D eigenvalue weighted by Gasteiger charge is -2.10. The normalized spacial score (nSPS) is 10.3. The molecule has 0 bridgehead atoms. The second-order valence-corrected chi connectivity index (χ2v) is 5.63. The van der Waals surface area contributed by atoms with Gasteiger partial charge in [-0.15, -0.1) is 0 Å². The number of halogens is 1. The van der Waals surface area contributed by atoms with Gasteiger partial charge < -0.3 is 11.1 Å². The van der Waals surface area contributed by atoms with Crippen LogP contribution in [0.3, 0.4) is 0 Å². The number of anilines is 2. The molecule has 1 heterocycles. The number of nitrogens with two attached hydrogens (primary N) is 1. The highest BCUT2D eigenvalue weighted by molar-refractivity contribution is 9.10. The first-order valence-corrected chi connectivity index (χ1v) is 6.97. The minimum Gasteiger partial charge on any atom is -0.389 e. The Balaban J connectivity index is 2.32. The van der Waals surface area contributed by atoms with Crippen molar-refractivity contribution in [2.75, 3.05) is 5.32 Å². The first kappa shape index (κ1) is 14.0. The molecule has 3 N–H and O–H groups in total. The van der Waals surface area contributed by atoms with Crippen LogP contribution in [-0.4, -0.2) is 9.97 Å². The lowest BCUT2D eigenvalue weighted by atomic mass is 10.2. The van der Waals surface area contributed by atoms with Gasteiger partial charge in [-0.2, -0.15) is 0 Å². The summed E-state index contributed by atoms with van der Waals surface area (Å²) in [5.41, 5.74) is 9.50. The Morgan fingerprint density at radius 2 is 2.00 bits per heavy atom. The molecule has 0 spiro atoms. The van der Waals surface area contributed by atoms with Crippen LogP contribution >= 0.6 is 28.1 Å². The molecule has 98 valence electrons. The maximum absolute atomic E-state index is 5.66. The quantitative estimate of drug-likeness (QED) is 0.836. The van der Waals surface area contributed by atoms with Gasteiger partial charge in [-0.3, -0.25) is 0 Å². The third-order valence-corrected chi connectivity index (χ3v) is 3.77. The zero-order chi connectivity index (χ0) is 14.0. The number of hydrogen-bond acceptors (Lipinski definition) is 3. The summed E-state index contributed by atoms with van der Waals surface area (Å²) in [5, 5.41) is 3.25. The summed E-state index contributed by atoms with van der Waals surface area (Å²) in [7, 11) is 0. The highest BCUT2D eigenvalue weighted by Crippen LogP contribution is 2.23. The number of aryl methyl sites for hydroxylation is 2. The van der Waals surface area contributed by atoms with Crippen LogP contribution in [0.1, 0.15) is 16.8 Å². The minimum absolute atomic E-state index is 0.374. The van der Waals surface area contributed by atoms with Crippen LogP contribution in [0.5, 0.6) is 0 Å². The largest absolute Gasteiger partial charge is 0.389 e. The average molecular weight is 336 g/mol. The van der Waals surface area contributed by atoms with Gasteiger partial charge in [0.05, 0.1) is 0 Å². The Hall–Kier alpha value is -1.46. The lowest BCUT2D eigenvalue weighted by molar-refractivity contribution is 1.19. The summed E-state index contributed by atoms with van der Waals surface area (Å²) in [6.45, 7) is 3.96. The molecule has 0 aliphatic heterocycles. The molecule has 2 rings (SSSR count). The number of thiocarbonyl (C=S) groups is 1. The Labute approximate surface area is 126 Å².